The molecule has 0 bridgehead atoms. The van der Waals surface area contributed by atoms with E-state index in [9.17, 15) is 4.39 Å². The van der Waals surface area contributed by atoms with Gasteiger partial charge in [0.1, 0.15) is 5.82 Å². The van der Waals surface area contributed by atoms with Crippen molar-refractivity contribution in [1.29, 1.82) is 0 Å². The first-order chi connectivity index (χ1) is 10.2. The summed E-state index contributed by atoms with van der Waals surface area (Å²) >= 11 is 3.21. The lowest BCUT2D eigenvalue weighted by atomic mass is 10.0. The normalized spacial score (nSPS) is 12.4. The van der Waals surface area contributed by atoms with Gasteiger partial charge in [-0.25, -0.2) is 4.39 Å². The molecule has 120 valence electrons. The lowest BCUT2D eigenvalue weighted by molar-refractivity contribution is 0.547. The highest BCUT2D eigenvalue weighted by atomic mass is 79.9. The van der Waals surface area contributed by atoms with Gasteiger partial charge < -0.3 is 11.1 Å². The number of hydrogen-bond donors (Lipinski definition) is 2. The van der Waals surface area contributed by atoms with Crippen molar-refractivity contribution in [2.75, 3.05) is 11.9 Å². The Morgan fingerprint density at radius 1 is 1.14 bits per heavy atom. The van der Waals surface area contributed by atoms with Crippen molar-refractivity contribution in [2.24, 2.45) is 5.73 Å². The standard InChI is InChI=1S/C17H28BrFN2/c1-2-3-4-5-6-7-8-9-15(13-20)21-14-10-11-17(19)16(18)12-14/h10-12,15,21H,2-9,13,20H2,1H3. The van der Waals surface area contributed by atoms with Crippen LogP contribution in [-0.4, -0.2) is 12.6 Å². The molecule has 0 aromatic heterocycles. The van der Waals surface area contributed by atoms with Crippen molar-refractivity contribution >= 4 is 21.6 Å². The Morgan fingerprint density at radius 3 is 2.43 bits per heavy atom. The van der Waals surface area contributed by atoms with Gasteiger partial charge in [0.05, 0.1) is 4.47 Å². The summed E-state index contributed by atoms with van der Waals surface area (Å²) in [5.41, 5.74) is 6.74. The van der Waals surface area contributed by atoms with Crippen LogP contribution in [0.3, 0.4) is 0 Å². The van der Waals surface area contributed by atoms with Crippen molar-refractivity contribution in [3.05, 3.63) is 28.5 Å². The molecule has 0 heterocycles. The predicted molar refractivity (Wildman–Crippen MR) is 93.2 cm³/mol. The number of nitrogens with one attached hydrogen (secondary N) is 1. The number of unbranched alkanes of at least 4 members (excludes halogenated alkanes) is 6. The van der Waals surface area contributed by atoms with Gasteiger partial charge >= 0.3 is 0 Å². The molecule has 21 heavy (non-hydrogen) atoms. The summed E-state index contributed by atoms with van der Waals surface area (Å²) in [6.45, 7) is 2.84. The number of anilines is 1. The van der Waals surface area contributed by atoms with E-state index in [0.717, 1.165) is 12.1 Å². The maximum atomic E-state index is 13.2. The fourth-order valence-corrected chi connectivity index (χ4v) is 2.80. The van der Waals surface area contributed by atoms with Crippen LogP contribution in [0.1, 0.15) is 58.3 Å². The van der Waals surface area contributed by atoms with Gasteiger partial charge in [-0.1, -0.05) is 51.9 Å². The molecule has 0 aliphatic carbocycles. The van der Waals surface area contributed by atoms with Crippen molar-refractivity contribution < 1.29 is 4.39 Å². The van der Waals surface area contributed by atoms with E-state index in [1.807, 2.05) is 0 Å². The van der Waals surface area contributed by atoms with E-state index in [1.165, 1.54) is 51.0 Å². The molecular weight excluding hydrogens is 331 g/mol. The Bertz CT molecular complexity index is 398. The van der Waals surface area contributed by atoms with Crippen molar-refractivity contribution in [3.8, 4) is 0 Å². The summed E-state index contributed by atoms with van der Waals surface area (Å²) in [5.74, 6) is -0.239. The number of nitrogens with two attached hydrogens (primary N) is 1. The Morgan fingerprint density at radius 2 is 1.81 bits per heavy atom. The average Bonchev–Trinajstić information content (AvgIpc) is 2.48. The van der Waals surface area contributed by atoms with Gasteiger partial charge in [-0.2, -0.15) is 0 Å². The van der Waals surface area contributed by atoms with Gasteiger partial charge in [0.15, 0.2) is 0 Å². The Labute approximate surface area is 136 Å². The van der Waals surface area contributed by atoms with E-state index in [4.69, 9.17) is 5.73 Å². The minimum Gasteiger partial charge on any atom is -0.381 e. The molecule has 0 fully saturated rings. The summed E-state index contributed by atoms with van der Waals surface area (Å²) in [6.07, 6.45) is 10.2. The second-order valence-electron chi connectivity index (χ2n) is 5.62. The minimum absolute atomic E-state index is 0.239. The number of benzene rings is 1. The molecule has 3 N–H and O–H groups in total. The molecule has 0 saturated carbocycles. The van der Waals surface area contributed by atoms with Crippen LogP contribution in [0.4, 0.5) is 10.1 Å². The largest absolute Gasteiger partial charge is 0.381 e. The summed E-state index contributed by atoms with van der Waals surface area (Å²) < 4.78 is 13.7. The zero-order valence-electron chi connectivity index (χ0n) is 13.0. The molecule has 1 aromatic carbocycles. The van der Waals surface area contributed by atoms with Gasteiger partial charge in [-0.15, -0.1) is 0 Å². The third-order valence-corrected chi connectivity index (χ3v) is 4.34. The van der Waals surface area contributed by atoms with E-state index in [-0.39, 0.29) is 11.9 Å². The molecular formula is C17H28BrFN2. The van der Waals surface area contributed by atoms with Crippen LogP contribution in [0.5, 0.6) is 0 Å². The van der Waals surface area contributed by atoms with Gasteiger partial charge in [0.25, 0.3) is 0 Å². The average molecular weight is 359 g/mol. The first-order valence-electron chi connectivity index (χ1n) is 8.09. The van der Waals surface area contributed by atoms with E-state index >= 15 is 0 Å². The zero-order chi connectivity index (χ0) is 15.5. The predicted octanol–water partition coefficient (Wildman–Crippen LogP) is 5.47. The van der Waals surface area contributed by atoms with Crippen molar-refractivity contribution in [1.82, 2.24) is 0 Å². The van der Waals surface area contributed by atoms with Crippen molar-refractivity contribution in [2.45, 2.75) is 64.3 Å². The molecule has 1 rings (SSSR count). The molecule has 0 saturated heterocycles. The highest BCUT2D eigenvalue weighted by Gasteiger charge is 2.07. The lowest BCUT2D eigenvalue weighted by Gasteiger charge is -2.18. The van der Waals surface area contributed by atoms with Crippen LogP contribution < -0.4 is 11.1 Å². The van der Waals surface area contributed by atoms with Crippen LogP contribution in [0.15, 0.2) is 22.7 Å². The van der Waals surface area contributed by atoms with Gasteiger partial charge in [0, 0.05) is 18.3 Å². The topological polar surface area (TPSA) is 38.0 Å². The van der Waals surface area contributed by atoms with Gasteiger partial charge in [-0.3, -0.25) is 0 Å². The van der Waals surface area contributed by atoms with E-state index in [1.54, 1.807) is 12.1 Å². The Kier molecular flexibility index (Phi) is 9.68. The Balaban J connectivity index is 2.23. The zero-order valence-corrected chi connectivity index (χ0v) is 14.6. The first-order valence-corrected chi connectivity index (χ1v) is 8.88. The molecule has 1 atom stereocenters. The second kappa shape index (κ2) is 11.0. The number of halogens is 2. The van der Waals surface area contributed by atoms with E-state index in [2.05, 4.69) is 28.2 Å². The van der Waals surface area contributed by atoms with Crippen LogP contribution in [0, 0.1) is 5.82 Å². The quantitative estimate of drug-likeness (QED) is 0.514. The summed E-state index contributed by atoms with van der Waals surface area (Å²) in [5, 5.41) is 3.39. The fourth-order valence-electron chi connectivity index (χ4n) is 2.42. The van der Waals surface area contributed by atoms with Crippen LogP contribution in [0.2, 0.25) is 0 Å². The van der Waals surface area contributed by atoms with Gasteiger partial charge in [0.2, 0.25) is 0 Å². The molecule has 1 unspecified atom stereocenters. The second-order valence-corrected chi connectivity index (χ2v) is 6.47. The molecule has 4 heteroatoms. The smallest absolute Gasteiger partial charge is 0.137 e. The minimum atomic E-state index is -0.239. The van der Waals surface area contributed by atoms with Crippen LogP contribution in [0.25, 0.3) is 0 Å². The molecule has 0 aliphatic heterocycles. The lowest BCUT2D eigenvalue weighted by Crippen LogP contribution is -2.28. The van der Waals surface area contributed by atoms with Gasteiger partial charge in [-0.05, 0) is 40.5 Å². The maximum absolute atomic E-state index is 13.2. The first kappa shape index (κ1) is 18.4. The third kappa shape index (κ3) is 7.82. The summed E-state index contributed by atoms with van der Waals surface area (Å²) in [6, 6.07) is 5.25. The number of hydrogen-bond acceptors (Lipinski definition) is 2. The third-order valence-electron chi connectivity index (χ3n) is 3.73. The highest BCUT2D eigenvalue weighted by molar-refractivity contribution is 9.10. The summed E-state index contributed by atoms with van der Waals surface area (Å²) in [4.78, 5) is 0. The van der Waals surface area contributed by atoms with E-state index < -0.39 is 0 Å². The van der Waals surface area contributed by atoms with Crippen molar-refractivity contribution in [3.63, 3.8) is 0 Å². The highest BCUT2D eigenvalue weighted by Crippen LogP contribution is 2.21. The van der Waals surface area contributed by atoms with Crippen LogP contribution in [-0.2, 0) is 0 Å². The molecule has 0 radical (unpaired) electrons. The number of rotatable bonds is 11. The summed E-state index contributed by atoms with van der Waals surface area (Å²) in [7, 11) is 0. The molecule has 1 aromatic rings. The molecule has 0 spiro atoms. The van der Waals surface area contributed by atoms with E-state index in [0.29, 0.717) is 11.0 Å². The fraction of sp³-hybridized carbons (Fsp3) is 0.647. The molecule has 2 nitrogen and oxygen atoms in total. The van der Waals surface area contributed by atoms with Crippen LogP contribution >= 0.6 is 15.9 Å². The molecule has 0 amide bonds. The maximum Gasteiger partial charge on any atom is 0.137 e. The Hall–Kier alpha value is -0.610. The monoisotopic (exact) mass is 358 g/mol. The SMILES string of the molecule is CCCCCCCCCC(CN)Nc1ccc(F)c(Br)c1. The molecule has 0 aliphatic rings.